The van der Waals surface area contributed by atoms with Crippen LogP contribution >= 0.6 is 0 Å². The van der Waals surface area contributed by atoms with Crippen molar-refractivity contribution in [3.63, 3.8) is 0 Å². The first-order valence-electron chi connectivity index (χ1n) is 8.21. The number of rotatable bonds is 3. The number of ether oxygens (including phenoxy) is 3. The van der Waals surface area contributed by atoms with Crippen molar-refractivity contribution in [1.82, 2.24) is 0 Å². The Morgan fingerprint density at radius 2 is 1.62 bits per heavy atom. The summed E-state index contributed by atoms with van der Waals surface area (Å²) in [5.74, 6) is -0.221. The Morgan fingerprint density at radius 3 is 2.29 bits per heavy atom. The van der Waals surface area contributed by atoms with Gasteiger partial charge in [0.15, 0.2) is 5.79 Å². The van der Waals surface area contributed by atoms with Crippen LogP contribution in [-0.4, -0.2) is 25.1 Å². The minimum Gasteiger partial charge on any atom is -0.374 e. The monoisotopic (exact) mass is 288 g/mol. The van der Waals surface area contributed by atoms with Gasteiger partial charge in [-0.25, -0.2) is 0 Å². The van der Waals surface area contributed by atoms with Crippen LogP contribution in [0.1, 0.15) is 44.1 Å². The van der Waals surface area contributed by atoms with E-state index in [1.54, 1.807) is 0 Å². The molecule has 1 aliphatic heterocycles. The fourth-order valence-corrected chi connectivity index (χ4v) is 4.17. The Bertz CT molecular complexity index is 460. The normalized spacial score (nSPS) is 27.0. The fourth-order valence-electron chi connectivity index (χ4n) is 4.17. The summed E-state index contributed by atoms with van der Waals surface area (Å²) in [7, 11) is 0. The topological polar surface area (TPSA) is 27.7 Å². The van der Waals surface area contributed by atoms with E-state index in [1.807, 2.05) is 6.07 Å². The summed E-state index contributed by atoms with van der Waals surface area (Å²) in [6.07, 6.45) is 7.49. The van der Waals surface area contributed by atoms with E-state index in [2.05, 4.69) is 24.3 Å². The molecule has 0 N–H and O–H groups in total. The first kappa shape index (κ1) is 13.7. The zero-order valence-corrected chi connectivity index (χ0v) is 12.6. The van der Waals surface area contributed by atoms with Crippen LogP contribution in [0.3, 0.4) is 0 Å². The van der Waals surface area contributed by atoms with Gasteiger partial charge in [-0.3, -0.25) is 0 Å². The molecule has 0 aromatic heterocycles. The van der Waals surface area contributed by atoms with Gasteiger partial charge < -0.3 is 14.2 Å². The fraction of sp³-hybridized carbons (Fsp3) is 0.667. The molecule has 1 aromatic rings. The average Bonchev–Trinajstić information content (AvgIpc) is 2.95. The lowest BCUT2D eigenvalue weighted by atomic mass is 9.58. The standard InChI is InChI=1S/C18H24O3/c1-2-4-15(5-3-1)14-19-16-12-17(13-16)6-8-18(9-7-17)20-10-11-21-18/h1-5,16H,6-14H2. The van der Waals surface area contributed by atoms with Crippen molar-refractivity contribution in [1.29, 1.82) is 0 Å². The molecule has 0 radical (unpaired) electrons. The van der Waals surface area contributed by atoms with Crippen LogP contribution in [0.5, 0.6) is 0 Å². The highest BCUT2D eigenvalue weighted by Crippen LogP contribution is 2.56. The van der Waals surface area contributed by atoms with Crippen molar-refractivity contribution in [2.45, 2.75) is 57.0 Å². The molecule has 3 nitrogen and oxygen atoms in total. The second kappa shape index (κ2) is 5.38. The molecular formula is C18H24O3. The predicted octanol–water partition coefficient (Wildman–Crippen LogP) is 3.67. The number of hydrogen-bond acceptors (Lipinski definition) is 3. The van der Waals surface area contributed by atoms with Gasteiger partial charge in [0.2, 0.25) is 0 Å². The molecule has 21 heavy (non-hydrogen) atoms. The van der Waals surface area contributed by atoms with Crippen LogP contribution in [0.15, 0.2) is 30.3 Å². The third kappa shape index (κ3) is 2.75. The molecule has 0 unspecified atom stereocenters. The average molecular weight is 288 g/mol. The van der Waals surface area contributed by atoms with Crippen LogP contribution in [-0.2, 0) is 20.8 Å². The number of benzene rings is 1. The Hall–Kier alpha value is -0.900. The Labute approximate surface area is 126 Å². The van der Waals surface area contributed by atoms with E-state index in [1.165, 1.54) is 31.2 Å². The van der Waals surface area contributed by atoms with Crippen molar-refractivity contribution in [2.75, 3.05) is 13.2 Å². The maximum absolute atomic E-state index is 6.05. The van der Waals surface area contributed by atoms with Crippen molar-refractivity contribution in [3.05, 3.63) is 35.9 Å². The smallest absolute Gasteiger partial charge is 0.168 e. The number of hydrogen-bond donors (Lipinski definition) is 0. The zero-order valence-electron chi connectivity index (χ0n) is 12.6. The summed E-state index contributed by atoms with van der Waals surface area (Å²) in [6, 6.07) is 10.5. The second-order valence-corrected chi connectivity index (χ2v) is 6.93. The Kier molecular flexibility index (Phi) is 3.52. The summed E-state index contributed by atoms with van der Waals surface area (Å²) in [6.45, 7) is 2.30. The highest BCUT2D eigenvalue weighted by Gasteiger charge is 2.52. The molecule has 1 saturated heterocycles. The molecule has 0 amide bonds. The molecule has 1 aromatic carbocycles. The lowest BCUT2D eigenvalue weighted by molar-refractivity contribution is -0.211. The molecule has 1 heterocycles. The minimum atomic E-state index is -0.221. The lowest BCUT2D eigenvalue weighted by Crippen LogP contribution is -2.48. The highest BCUT2D eigenvalue weighted by atomic mass is 16.7. The van der Waals surface area contributed by atoms with Crippen molar-refractivity contribution < 1.29 is 14.2 Å². The van der Waals surface area contributed by atoms with Gasteiger partial charge >= 0.3 is 0 Å². The van der Waals surface area contributed by atoms with E-state index in [4.69, 9.17) is 14.2 Å². The maximum atomic E-state index is 6.05. The predicted molar refractivity (Wildman–Crippen MR) is 79.8 cm³/mol. The zero-order chi connectivity index (χ0) is 14.2. The van der Waals surface area contributed by atoms with Crippen LogP contribution in [0.25, 0.3) is 0 Å². The van der Waals surface area contributed by atoms with Crippen molar-refractivity contribution >= 4 is 0 Å². The Balaban J connectivity index is 1.24. The highest BCUT2D eigenvalue weighted by molar-refractivity contribution is 5.13. The molecule has 2 saturated carbocycles. The van der Waals surface area contributed by atoms with E-state index >= 15 is 0 Å². The quantitative estimate of drug-likeness (QED) is 0.849. The van der Waals surface area contributed by atoms with Crippen molar-refractivity contribution in [2.24, 2.45) is 5.41 Å². The summed E-state index contributed by atoms with van der Waals surface area (Å²) < 4.78 is 17.7. The van der Waals surface area contributed by atoms with E-state index in [9.17, 15) is 0 Å². The van der Waals surface area contributed by atoms with Gasteiger partial charge in [0.25, 0.3) is 0 Å². The van der Waals surface area contributed by atoms with E-state index in [0.717, 1.165) is 32.7 Å². The lowest BCUT2D eigenvalue weighted by Gasteiger charge is -2.52. The van der Waals surface area contributed by atoms with Crippen LogP contribution in [0.4, 0.5) is 0 Å². The van der Waals surface area contributed by atoms with Gasteiger partial charge in [-0.2, -0.15) is 0 Å². The van der Waals surface area contributed by atoms with Crippen LogP contribution < -0.4 is 0 Å². The third-order valence-electron chi connectivity index (χ3n) is 5.54. The second-order valence-electron chi connectivity index (χ2n) is 6.93. The maximum Gasteiger partial charge on any atom is 0.168 e. The van der Waals surface area contributed by atoms with Crippen LogP contribution in [0.2, 0.25) is 0 Å². The molecule has 3 fully saturated rings. The molecule has 3 heteroatoms. The van der Waals surface area contributed by atoms with Crippen LogP contribution in [0, 0.1) is 5.41 Å². The molecule has 0 bridgehead atoms. The largest absolute Gasteiger partial charge is 0.374 e. The molecule has 114 valence electrons. The molecule has 2 aliphatic carbocycles. The summed E-state index contributed by atoms with van der Waals surface area (Å²) in [4.78, 5) is 0. The van der Waals surface area contributed by atoms with Gasteiger partial charge in [-0.15, -0.1) is 0 Å². The minimum absolute atomic E-state index is 0.221. The van der Waals surface area contributed by atoms with Gasteiger partial charge in [0.1, 0.15) is 0 Å². The molecule has 4 rings (SSSR count). The van der Waals surface area contributed by atoms with Gasteiger partial charge in [0, 0.05) is 12.8 Å². The molecule has 0 atom stereocenters. The summed E-state index contributed by atoms with van der Waals surface area (Å²) in [5, 5.41) is 0. The molecular weight excluding hydrogens is 264 g/mol. The molecule has 2 spiro atoms. The SMILES string of the molecule is c1ccc(COC2CC3(CCC4(CC3)OCCO4)C2)cc1. The van der Waals surface area contributed by atoms with E-state index < -0.39 is 0 Å². The molecule has 3 aliphatic rings. The Morgan fingerprint density at radius 1 is 0.952 bits per heavy atom. The summed E-state index contributed by atoms with van der Waals surface area (Å²) in [5.41, 5.74) is 1.79. The summed E-state index contributed by atoms with van der Waals surface area (Å²) >= 11 is 0. The van der Waals surface area contributed by atoms with E-state index in [-0.39, 0.29) is 5.79 Å². The first-order valence-corrected chi connectivity index (χ1v) is 8.21. The van der Waals surface area contributed by atoms with Gasteiger partial charge in [-0.05, 0) is 36.7 Å². The van der Waals surface area contributed by atoms with Gasteiger partial charge in [-0.1, -0.05) is 30.3 Å². The third-order valence-corrected chi connectivity index (χ3v) is 5.54. The first-order chi connectivity index (χ1) is 10.3. The van der Waals surface area contributed by atoms with E-state index in [0.29, 0.717) is 11.5 Å². The van der Waals surface area contributed by atoms with Crippen molar-refractivity contribution in [3.8, 4) is 0 Å². The van der Waals surface area contributed by atoms with Gasteiger partial charge in [0.05, 0.1) is 25.9 Å².